The monoisotopic (exact) mass is 245 g/mol. The summed E-state index contributed by atoms with van der Waals surface area (Å²) >= 11 is 0. The lowest BCUT2D eigenvalue weighted by Crippen LogP contribution is -2.12. The van der Waals surface area contributed by atoms with E-state index in [4.69, 9.17) is 5.73 Å². The lowest BCUT2D eigenvalue weighted by Gasteiger charge is -2.14. The van der Waals surface area contributed by atoms with Gasteiger partial charge in [-0.15, -0.1) is 12.4 Å². The van der Waals surface area contributed by atoms with E-state index in [2.05, 4.69) is 6.92 Å². The number of hydrogen-bond donors (Lipinski definition) is 1. The van der Waals surface area contributed by atoms with E-state index >= 15 is 0 Å². The Morgan fingerprint density at radius 1 is 1.31 bits per heavy atom. The third kappa shape index (κ3) is 4.11. The van der Waals surface area contributed by atoms with Gasteiger partial charge in [0.1, 0.15) is 5.82 Å². The molecular formula is C13H21ClFN. The molecule has 16 heavy (non-hydrogen) atoms. The molecule has 0 spiro atoms. The summed E-state index contributed by atoms with van der Waals surface area (Å²) in [5, 5.41) is 0. The fourth-order valence-electron chi connectivity index (χ4n) is 1.80. The minimum absolute atomic E-state index is 0. The fourth-order valence-corrected chi connectivity index (χ4v) is 1.80. The topological polar surface area (TPSA) is 26.0 Å². The van der Waals surface area contributed by atoms with Crippen LogP contribution in [0.5, 0.6) is 0 Å². The second-order valence-corrected chi connectivity index (χ2v) is 4.06. The molecular weight excluding hydrogens is 225 g/mol. The molecule has 0 aliphatic carbocycles. The fraction of sp³-hybridized carbons (Fsp3) is 0.538. The van der Waals surface area contributed by atoms with Crippen molar-refractivity contribution in [1.82, 2.24) is 0 Å². The Morgan fingerprint density at radius 3 is 2.62 bits per heavy atom. The molecule has 1 atom stereocenters. The van der Waals surface area contributed by atoms with Crippen LogP contribution in [0.25, 0.3) is 0 Å². The number of benzene rings is 1. The average molecular weight is 246 g/mol. The van der Waals surface area contributed by atoms with Crippen molar-refractivity contribution in [3.05, 3.63) is 35.1 Å². The summed E-state index contributed by atoms with van der Waals surface area (Å²) in [4.78, 5) is 0. The molecule has 0 aliphatic heterocycles. The van der Waals surface area contributed by atoms with Gasteiger partial charge in [-0.3, -0.25) is 0 Å². The normalized spacial score (nSPS) is 12.0. The summed E-state index contributed by atoms with van der Waals surface area (Å²) in [6, 6.07) is 5.12. The zero-order valence-electron chi connectivity index (χ0n) is 10.0. The van der Waals surface area contributed by atoms with E-state index in [1.54, 1.807) is 13.0 Å². The van der Waals surface area contributed by atoms with Crippen LogP contribution in [-0.2, 0) is 0 Å². The molecule has 0 saturated carbocycles. The molecule has 0 amide bonds. The minimum atomic E-state index is -0.154. The van der Waals surface area contributed by atoms with E-state index in [-0.39, 0.29) is 24.3 Å². The molecule has 92 valence electrons. The van der Waals surface area contributed by atoms with Crippen molar-refractivity contribution in [2.24, 2.45) is 5.73 Å². The molecule has 1 rings (SSSR count). The van der Waals surface area contributed by atoms with Gasteiger partial charge in [0.15, 0.2) is 0 Å². The molecule has 1 aromatic carbocycles. The maximum atomic E-state index is 13.3. The largest absolute Gasteiger partial charge is 0.324 e. The predicted octanol–water partition coefficient (Wildman–Crippen LogP) is 4.14. The zero-order valence-corrected chi connectivity index (χ0v) is 10.8. The number of rotatable bonds is 5. The highest BCUT2D eigenvalue weighted by molar-refractivity contribution is 5.85. The van der Waals surface area contributed by atoms with Gasteiger partial charge in [0, 0.05) is 6.04 Å². The Balaban J connectivity index is 0.00000225. The second-order valence-electron chi connectivity index (χ2n) is 4.06. The second kappa shape index (κ2) is 7.64. The van der Waals surface area contributed by atoms with E-state index in [0.717, 1.165) is 18.4 Å². The van der Waals surface area contributed by atoms with Gasteiger partial charge < -0.3 is 5.73 Å². The van der Waals surface area contributed by atoms with Gasteiger partial charge in [-0.25, -0.2) is 4.39 Å². The van der Waals surface area contributed by atoms with Gasteiger partial charge in [-0.2, -0.15) is 0 Å². The van der Waals surface area contributed by atoms with Gasteiger partial charge in [0.05, 0.1) is 0 Å². The molecule has 0 aromatic heterocycles. The van der Waals surface area contributed by atoms with Crippen molar-refractivity contribution in [3.8, 4) is 0 Å². The van der Waals surface area contributed by atoms with E-state index in [1.807, 2.05) is 6.07 Å². The van der Waals surface area contributed by atoms with E-state index < -0.39 is 0 Å². The average Bonchev–Trinajstić information content (AvgIpc) is 2.22. The summed E-state index contributed by atoms with van der Waals surface area (Å²) < 4.78 is 13.3. The molecule has 0 heterocycles. The molecule has 1 nitrogen and oxygen atoms in total. The molecule has 0 bridgehead atoms. The molecule has 0 saturated heterocycles. The van der Waals surface area contributed by atoms with E-state index in [9.17, 15) is 4.39 Å². The summed E-state index contributed by atoms with van der Waals surface area (Å²) in [7, 11) is 0. The smallest absolute Gasteiger partial charge is 0.126 e. The van der Waals surface area contributed by atoms with Crippen molar-refractivity contribution < 1.29 is 4.39 Å². The first-order valence-corrected chi connectivity index (χ1v) is 5.67. The lowest BCUT2D eigenvalue weighted by atomic mass is 9.97. The molecule has 0 aliphatic rings. The Kier molecular flexibility index (Phi) is 7.35. The van der Waals surface area contributed by atoms with E-state index in [0.29, 0.717) is 5.56 Å². The molecule has 0 radical (unpaired) electrons. The molecule has 0 fully saturated rings. The van der Waals surface area contributed by atoms with Crippen LogP contribution < -0.4 is 5.73 Å². The number of halogens is 2. The predicted molar refractivity (Wildman–Crippen MR) is 69.5 cm³/mol. The minimum Gasteiger partial charge on any atom is -0.324 e. The lowest BCUT2D eigenvalue weighted by molar-refractivity contribution is 0.567. The first-order valence-electron chi connectivity index (χ1n) is 5.67. The summed E-state index contributed by atoms with van der Waals surface area (Å²) in [6.07, 6.45) is 4.45. The van der Waals surface area contributed by atoms with Gasteiger partial charge >= 0.3 is 0 Å². The maximum Gasteiger partial charge on any atom is 0.126 e. The third-order valence-corrected chi connectivity index (χ3v) is 2.83. The highest BCUT2D eigenvalue weighted by Gasteiger charge is 2.10. The Bertz CT molecular complexity index is 315. The van der Waals surface area contributed by atoms with Crippen LogP contribution in [-0.4, -0.2) is 0 Å². The quantitative estimate of drug-likeness (QED) is 0.776. The first kappa shape index (κ1) is 15.4. The van der Waals surface area contributed by atoms with E-state index in [1.165, 1.54) is 18.9 Å². The van der Waals surface area contributed by atoms with Crippen LogP contribution in [0, 0.1) is 12.7 Å². The zero-order chi connectivity index (χ0) is 11.3. The standard InChI is InChI=1S/C13H20FN.ClH/c1-3-4-5-9-13(15)11-7-6-8-12(14)10(11)2;/h6-8,13H,3-5,9,15H2,1-2H3;1H/t13-;/m0./s1. The van der Waals surface area contributed by atoms with Gasteiger partial charge in [0.2, 0.25) is 0 Å². The SMILES string of the molecule is CCCCC[C@H](N)c1cccc(F)c1C.Cl. The molecule has 0 unspecified atom stereocenters. The summed E-state index contributed by atoms with van der Waals surface area (Å²) in [5.41, 5.74) is 7.68. The van der Waals surface area contributed by atoms with Crippen molar-refractivity contribution in [1.29, 1.82) is 0 Å². The Morgan fingerprint density at radius 2 is 2.00 bits per heavy atom. The molecule has 1 aromatic rings. The summed E-state index contributed by atoms with van der Waals surface area (Å²) in [5.74, 6) is -0.154. The van der Waals surface area contributed by atoms with Crippen molar-refractivity contribution in [2.45, 2.75) is 45.6 Å². The maximum absolute atomic E-state index is 13.3. The van der Waals surface area contributed by atoms with Crippen molar-refractivity contribution in [2.75, 3.05) is 0 Å². The number of hydrogen-bond acceptors (Lipinski definition) is 1. The summed E-state index contributed by atoms with van der Waals surface area (Å²) in [6.45, 7) is 3.96. The van der Waals surface area contributed by atoms with Crippen molar-refractivity contribution in [3.63, 3.8) is 0 Å². The Hall–Kier alpha value is -0.600. The number of unbranched alkanes of at least 4 members (excludes halogenated alkanes) is 2. The van der Waals surface area contributed by atoms with Crippen LogP contribution in [0.4, 0.5) is 4.39 Å². The number of nitrogens with two attached hydrogens (primary N) is 1. The molecule has 2 N–H and O–H groups in total. The van der Waals surface area contributed by atoms with Crippen LogP contribution in [0.2, 0.25) is 0 Å². The first-order chi connectivity index (χ1) is 7.16. The Labute approximate surface area is 104 Å². The highest BCUT2D eigenvalue weighted by Crippen LogP contribution is 2.22. The van der Waals surface area contributed by atoms with Crippen LogP contribution in [0.3, 0.4) is 0 Å². The van der Waals surface area contributed by atoms with Gasteiger partial charge in [-0.1, -0.05) is 38.3 Å². The third-order valence-electron chi connectivity index (χ3n) is 2.83. The van der Waals surface area contributed by atoms with Gasteiger partial charge in [0.25, 0.3) is 0 Å². The van der Waals surface area contributed by atoms with Crippen LogP contribution >= 0.6 is 12.4 Å². The van der Waals surface area contributed by atoms with Crippen LogP contribution in [0.15, 0.2) is 18.2 Å². The van der Waals surface area contributed by atoms with Crippen molar-refractivity contribution >= 4 is 12.4 Å². The van der Waals surface area contributed by atoms with Crippen LogP contribution in [0.1, 0.15) is 49.8 Å². The highest BCUT2D eigenvalue weighted by atomic mass is 35.5. The molecule has 3 heteroatoms. The van der Waals surface area contributed by atoms with Gasteiger partial charge in [-0.05, 0) is 30.5 Å².